The lowest BCUT2D eigenvalue weighted by atomic mass is 10.1. The Balaban J connectivity index is 1.58. The summed E-state index contributed by atoms with van der Waals surface area (Å²) in [5.74, 6) is 2.01. The summed E-state index contributed by atoms with van der Waals surface area (Å²) in [7, 11) is 1.97. The minimum absolute atomic E-state index is 0.504. The molecule has 0 unspecified atom stereocenters. The molecule has 0 aliphatic carbocycles. The number of oxime groups is 1. The molecule has 0 saturated carbocycles. The first-order chi connectivity index (χ1) is 14.2. The van der Waals surface area contributed by atoms with E-state index in [0.717, 1.165) is 29.1 Å². The minimum Gasteiger partial charge on any atom is -0.457 e. The number of anilines is 2. The van der Waals surface area contributed by atoms with Gasteiger partial charge in [-0.15, -0.1) is 0 Å². The highest BCUT2D eigenvalue weighted by molar-refractivity contribution is 5.81. The maximum Gasteiger partial charge on any atom is 0.208 e. The molecule has 146 valence electrons. The van der Waals surface area contributed by atoms with Gasteiger partial charge in [0.15, 0.2) is 0 Å². The molecule has 2 aromatic carbocycles. The van der Waals surface area contributed by atoms with E-state index in [2.05, 4.69) is 46.6 Å². The van der Waals surface area contributed by atoms with E-state index in [4.69, 9.17) is 14.9 Å². The van der Waals surface area contributed by atoms with Gasteiger partial charge in [-0.2, -0.15) is 0 Å². The van der Waals surface area contributed by atoms with Crippen molar-refractivity contribution in [3.63, 3.8) is 0 Å². The maximum atomic E-state index is 8.65. The molecular weight excluding hydrogens is 366 g/mol. The fourth-order valence-corrected chi connectivity index (χ4v) is 3.07. The molecule has 0 aliphatic rings. The Kier molecular flexibility index (Phi) is 5.11. The lowest BCUT2D eigenvalue weighted by Gasteiger charge is -2.07. The van der Waals surface area contributed by atoms with Crippen molar-refractivity contribution in [2.45, 2.75) is 13.3 Å². The number of nitrogens with one attached hydrogen (secondary N) is 1. The summed E-state index contributed by atoms with van der Waals surface area (Å²) in [4.78, 5) is 8.78. The topological polar surface area (TPSA) is 84.6 Å². The van der Waals surface area contributed by atoms with Crippen LogP contribution in [0.3, 0.4) is 0 Å². The second kappa shape index (κ2) is 8.02. The van der Waals surface area contributed by atoms with Gasteiger partial charge in [0.1, 0.15) is 11.5 Å². The summed E-state index contributed by atoms with van der Waals surface area (Å²) in [6.45, 7) is 2.14. The number of fused-ring (bicyclic) bond motifs is 1. The molecule has 0 aliphatic heterocycles. The highest BCUT2D eigenvalue weighted by Crippen LogP contribution is 2.28. The third kappa shape index (κ3) is 4.03. The molecule has 7 nitrogen and oxygen atoms in total. The SMILES string of the molecule is CCc1ccc(Nc2nc3cc(Oc4ccnc(/C=N/O)c4)ccc3n2C)cc1. The van der Waals surface area contributed by atoms with Gasteiger partial charge < -0.3 is 19.8 Å². The van der Waals surface area contributed by atoms with Gasteiger partial charge in [-0.25, -0.2) is 4.98 Å². The van der Waals surface area contributed by atoms with Crippen LogP contribution in [0.1, 0.15) is 18.2 Å². The number of hydrogen-bond acceptors (Lipinski definition) is 6. The zero-order chi connectivity index (χ0) is 20.2. The number of aryl methyl sites for hydroxylation is 2. The van der Waals surface area contributed by atoms with Crippen molar-refractivity contribution >= 4 is 28.9 Å². The van der Waals surface area contributed by atoms with Crippen LogP contribution in [0.4, 0.5) is 11.6 Å². The molecule has 4 rings (SSSR count). The first-order valence-corrected chi connectivity index (χ1v) is 9.30. The van der Waals surface area contributed by atoms with Crippen molar-refractivity contribution in [2.75, 3.05) is 5.32 Å². The Morgan fingerprint density at radius 2 is 1.90 bits per heavy atom. The number of imidazole rings is 1. The molecule has 2 heterocycles. The van der Waals surface area contributed by atoms with E-state index < -0.39 is 0 Å². The number of nitrogens with zero attached hydrogens (tertiary/aromatic N) is 4. The van der Waals surface area contributed by atoms with Crippen molar-refractivity contribution in [1.82, 2.24) is 14.5 Å². The molecular formula is C22H21N5O2. The lowest BCUT2D eigenvalue weighted by molar-refractivity contribution is 0.321. The van der Waals surface area contributed by atoms with E-state index >= 15 is 0 Å². The van der Waals surface area contributed by atoms with E-state index in [1.165, 1.54) is 11.8 Å². The Bertz CT molecular complexity index is 1170. The van der Waals surface area contributed by atoms with Crippen molar-refractivity contribution in [2.24, 2.45) is 12.2 Å². The number of hydrogen-bond donors (Lipinski definition) is 2. The molecule has 2 aromatic heterocycles. The second-order valence-corrected chi connectivity index (χ2v) is 6.58. The fourth-order valence-electron chi connectivity index (χ4n) is 3.07. The monoisotopic (exact) mass is 387 g/mol. The summed E-state index contributed by atoms with van der Waals surface area (Å²) in [5.41, 5.74) is 4.61. The standard InChI is InChI=1S/C22H21N5O2/c1-3-15-4-6-16(7-5-15)25-22-26-20-13-18(8-9-21(20)27(22)2)29-19-10-11-23-17(12-19)14-24-28/h4-14,28H,3H2,1-2H3,(H,25,26)/b24-14+. The second-order valence-electron chi connectivity index (χ2n) is 6.58. The first-order valence-electron chi connectivity index (χ1n) is 9.30. The van der Waals surface area contributed by atoms with E-state index in [1.54, 1.807) is 18.3 Å². The largest absolute Gasteiger partial charge is 0.457 e. The molecule has 0 amide bonds. The average Bonchev–Trinajstić information content (AvgIpc) is 3.04. The molecule has 0 saturated heterocycles. The molecule has 4 aromatic rings. The van der Waals surface area contributed by atoms with Crippen LogP contribution in [0, 0.1) is 0 Å². The van der Waals surface area contributed by atoms with Crippen LogP contribution >= 0.6 is 0 Å². The quantitative estimate of drug-likeness (QED) is 0.280. The van der Waals surface area contributed by atoms with Gasteiger partial charge in [0.2, 0.25) is 5.95 Å². The number of benzene rings is 2. The van der Waals surface area contributed by atoms with Crippen LogP contribution in [0.5, 0.6) is 11.5 Å². The van der Waals surface area contributed by atoms with Crippen LogP contribution in [0.15, 0.2) is 65.9 Å². The number of pyridine rings is 1. The Morgan fingerprint density at radius 1 is 1.10 bits per heavy atom. The highest BCUT2D eigenvalue weighted by atomic mass is 16.5. The average molecular weight is 387 g/mol. The van der Waals surface area contributed by atoms with Crippen molar-refractivity contribution in [3.8, 4) is 11.5 Å². The normalized spacial score (nSPS) is 11.2. The van der Waals surface area contributed by atoms with Gasteiger partial charge in [0, 0.05) is 31.1 Å². The molecule has 7 heteroatoms. The van der Waals surface area contributed by atoms with Crippen LogP contribution in [0.25, 0.3) is 11.0 Å². The molecule has 0 atom stereocenters. The molecule has 0 spiro atoms. The van der Waals surface area contributed by atoms with Gasteiger partial charge in [0.25, 0.3) is 0 Å². The maximum absolute atomic E-state index is 8.65. The molecule has 2 N–H and O–H groups in total. The van der Waals surface area contributed by atoms with Crippen LogP contribution < -0.4 is 10.1 Å². The smallest absolute Gasteiger partial charge is 0.208 e. The molecule has 29 heavy (non-hydrogen) atoms. The van der Waals surface area contributed by atoms with Gasteiger partial charge in [-0.3, -0.25) is 4.98 Å². The van der Waals surface area contributed by atoms with Gasteiger partial charge in [-0.05, 0) is 42.3 Å². The van der Waals surface area contributed by atoms with E-state index in [-0.39, 0.29) is 0 Å². The minimum atomic E-state index is 0.504. The molecule has 0 radical (unpaired) electrons. The Morgan fingerprint density at radius 3 is 2.66 bits per heavy atom. The summed E-state index contributed by atoms with van der Waals surface area (Å²) >= 11 is 0. The van der Waals surface area contributed by atoms with Gasteiger partial charge >= 0.3 is 0 Å². The fraction of sp³-hybridized carbons (Fsp3) is 0.136. The van der Waals surface area contributed by atoms with E-state index in [0.29, 0.717) is 17.2 Å². The summed E-state index contributed by atoms with van der Waals surface area (Å²) < 4.78 is 7.92. The van der Waals surface area contributed by atoms with Gasteiger partial charge in [0.05, 0.1) is 22.9 Å². The van der Waals surface area contributed by atoms with E-state index in [1.807, 2.05) is 29.8 Å². The zero-order valence-electron chi connectivity index (χ0n) is 16.2. The highest BCUT2D eigenvalue weighted by Gasteiger charge is 2.10. The Labute approximate surface area is 168 Å². The summed E-state index contributed by atoms with van der Waals surface area (Å²) in [6.07, 6.45) is 3.86. The first kappa shape index (κ1) is 18.5. The van der Waals surface area contributed by atoms with Crippen molar-refractivity contribution in [1.29, 1.82) is 0 Å². The number of ether oxygens (including phenoxy) is 1. The summed E-state index contributed by atoms with van der Waals surface area (Å²) in [5, 5.41) is 15.0. The van der Waals surface area contributed by atoms with Crippen LogP contribution in [0.2, 0.25) is 0 Å². The third-order valence-electron chi connectivity index (χ3n) is 4.65. The summed E-state index contributed by atoms with van der Waals surface area (Å²) in [6, 6.07) is 17.5. The third-order valence-corrected chi connectivity index (χ3v) is 4.65. The van der Waals surface area contributed by atoms with Crippen molar-refractivity contribution in [3.05, 3.63) is 72.1 Å². The molecule has 0 bridgehead atoms. The number of aromatic nitrogens is 3. The number of rotatable bonds is 6. The van der Waals surface area contributed by atoms with Crippen LogP contribution in [-0.4, -0.2) is 26.0 Å². The Hall–Kier alpha value is -3.87. The van der Waals surface area contributed by atoms with E-state index in [9.17, 15) is 0 Å². The predicted molar refractivity (Wildman–Crippen MR) is 114 cm³/mol. The van der Waals surface area contributed by atoms with Crippen LogP contribution in [-0.2, 0) is 13.5 Å². The predicted octanol–water partition coefficient (Wildman–Crippen LogP) is 4.87. The lowest BCUT2D eigenvalue weighted by Crippen LogP contribution is -1.99. The zero-order valence-corrected chi connectivity index (χ0v) is 16.2. The van der Waals surface area contributed by atoms with Crippen molar-refractivity contribution < 1.29 is 9.94 Å². The molecule has 0 fully saturated rings. The van der Waals surface area contributed by atoms with Gasteiger partial charge in [-0.1, -0.05) is 24.2 Å².